The molecule has 3 N–H and O–H groups in total. The molecule has 8 heteroatoms. The highest BCUT2D eigenvalue weighted by atomic mass is 32.2. The van der Waals surface area contributed by atoms with Crippen LogP contribution in [0.5, 0.6) is 5.75 Å². The zero-order chi connectivity index (χ0) is 28.9. The van der Waals surface area contributed by atoms with Crippen LogP contribution < -0.4 is 5.32 Å². The molecule has 0 saturated carbocycles. The minimum Gasteiger partial charge on any atom is -0.508 e. The van der Waals surface area contributed by atoms with E-state index >= 15 is 0 Å². The summed E-state index contributed by atoms with van der Waals surface area (Å²) in [6, 6.07) is 22.1. The lowest BCUT2D eigenvalue weighted by molar-refractivity contribution is -0.139. The van der Waals surface area contributed by atoms with Crippen molar-refractivity contribution in [1.82, 2.24) is 10.2 Å². The Morgan fingerprint density at radius 2 is 1.80 bits per heavy atom. The minimum atomic E-state index is -1.01. The minimum absolute atomic E-state index is 0.322. The molecule has 1 unspecified atom stereocenters. The van der Waals surface area contributed by atoms with Crippen LogP contribution in [0.15, 0.2) is 72.8 Å². The number of phenols is 1. The van der Waals surface area contributed by atoms with Gasteiger partial charge in [-0.15, -0.1) is 0 Å². The number of carbonyl (C=O) groups is 2. The van der Waals surface area contributed by atoms with Crippen LogP contribution in [0.4, 0.5) is 0 Å². The van der Waals surface area contributed by atoms with Crippen molar-refractivity contribution >= 4 is 23.6 Å². The largest absolute Gasteiger partial charge is 0.508 e. The highest BCUT2D eigenvalue weighted by molar-refractivity contribution is 7.98. The van der Waals surface area contributed by atoms with Gasteiger partial charge in [0, 0.05) is 25.3 Å². The standard InChI is InChI=1S/C26H34N2O4S.C6H6O/c1-18-7-4-5-9-21(18)23-15-19(16-28-13-6-8-20(28)17-32-2)10-11-22(23)25(29)27-24(26(30)31)12-14-33-3;7-6-4-2-1-3-5-6/h4-5,7,9-11,15,20,24H,6,8,12-14,16-17H2,1-3H3,(H,27,29)(H,30,31);1-5,7H/t20-,24?;/m0./s1. The molecule has 1 fully saturated rings. The molecule has 4 rings (SSSR count). The van der Waals surface area contributed by atoms with Gasteiger partial charge in [-0.25, -0.2) is 4.79 Å². The lowest BCUT2D eigenvalue weighted by Gasteiger charge is -2.24. The first kappa shape index (κ1) is 31.2. The number of ether oxygens (including phenoxy) is 1. The van der Waals surface area contributed by atoms with Crippen molar-refractivity contribution in [3.05, 3.63) is 89.5 Å². The van der Waals surface area contributed by atoms with Gasteiger partial charge >= 0.3 is 5.97 Å². The van der Waals surface area contributed by atoms with Crippen LogP contribution in [0.1, 0.15) is 40.7 Å². The predicted octanol–water partition coefficient (Wildman–Crippen LogP) is 5.60. The first-order valence-corrected chi connectivity index (χ1v) is 14.9. The molecule has 7 nitrogen and oxygen atoms in total. The Morgan fingerprint density at radius 1 is 1.07 bits per heavy atom. The van der Waals surface area contributed by atoms with Crippen molar-refractivity contribution in [2.45, 2.75) is 44.8 Å². The van der Waals surface area contributed by atoms with Gasteiger partial charge in [0.1, 0.15) is 11.8 Å². The quantitative estimate of drug-likeness (QED) is 0.279. The van der Waals surface area contributed by atoms with Gasteiger partial charge in [0.2, 0.25) is 0 Å². The number of aryl methyl sites for hydroxylation is 1. The number of para-hydroxylation sites is 1. The fraction of sp³-hybridized carbons (Fsp3) is 0.375. The Hall–Kier alpha value is -3.33. The van der Waals surface area contributed by atoms with Crippen molar-refractivity contribution in [2.75, 3.05) is 32.3 Å². The van der Waals surface area contributed by atoms with Gasteiger partial charge in [0.25, 0.3) is 5.91 Å². The molecule has 1 heterocycles. The summed E-state index contributed by atoms with van der Waals surface area (Å²) in [5.74, 6) is -0.377. The van der Waals surface area contributed by atoms with Crippen molar-refractivity contribution in [1.29, 1.82) is 0 Å². The van der Waals surface area contributed by atoms with Gasteiger partial charge in [-0.1, -0.05) is 48.5 Å². The third-order valence-corrected chi connectivity index (χ3v) is 7.62. The van der Waals surface area contributed by atoms with E-state index in [9.17, 15) is 14.7 Å². The fourth-order valence-corrected chi connectivity index (χ4v) is 5.33. The average Bonchev–Trinajstić information content (AvgIpc) is 3.38. The monoisotopic (exact) mass is 564 g/mol. The van der Waals surface area contributed by atoms with E-state index in [-0.39, 0.29) is 5.91 Å². The van der Waals surface area contributed by atoms with E-state index < -0.39 is 12.0 Å². The average molecular weight is 565 g/mol. The number of nitrogens with zero attached hydrogens (tertiary/aromatic N) is 1. The van der Waals surface area contributed by atoms with E-state index in [1.165, 1.54) is 0 Å². The molecular weight excluding hydrogens is 524 g/mol. The zero-order valence-electron chi connectivity index (χ0n) is 23.5. The van der Waals surface area contributed by atoms with Crippen LogP contribution in [0.2, 0.25) is 0 Å². The van der Waals surface area contributed by atoms with Gasteiger partial charge in [-0.2, -0.15) is 11.8 Å². The molecule has 1 saturated heterocycles. The Labute approximate surface area is 241 Å². The number of carboxylic acids is 1. The second-order valence-electron chi connectivity index (χ2n) is 9.90. The van der Waals surface area contributed by atoms with E-state index in [4.69, 9.17) is 9.84 Å². The molecule has 40 heavy (non-hydrogen) atoms. The van der Waals surface area contributed by atoms with Crippen molar-refractivity contribution in [3.8, 4) is 16.9 Å². The maximum atomic E-state index is 13.2. The van der Waals surface area contributed by atoms with E-state index in [0.29, 0.717) is 29.5 Å². The number of aliphatic carboxylic acids is 1. The summed E-state index contributed by atoms with van der Waals surface area (Å²) in [4.78, 5) is 27.3. The lowest BCUT2D eigenvalue weighted by atomic mass is 9.93. The second kappa shape index (κ2) is 16.1. The van der Waals surface area contributed by atoms with E-state index in [0.717, 1.165) is 54.8 Å². The number of thioether (sulfide) groups is 1. The fourth-order valence-electron chi connectivity index (χ4n) is 4.86. The topological polar surface area (TPSA) is 99.1 Å². The Morgan fingerprint density at radius 3 is 2.42 bits per heavy atom. The number of methoxy groups -OCH3 is 1. The normalized spacial score (nSPS) is 15.6. The van der Waals surface area contributed by atoms with Gasteiger partial charge in [0.05, 0.1) is 6.61 Å². The van der Waals surface area contributed by atoms with Gasteiger partial charge in [0.15, 0.2) is 0 Å². The summed E-state index contributed by atoms with van der Waals surface area (Å²) in [6.45, 7) is 4.57. The Bertz CT molecular complexity index is 1240. The highest BCUT2D eigenvalue weighted by Gasteiger charge is 2.26. The third-order valence-electron chi connectivity index (χ3n) is 6.98. The van der Waals surface area contributed by atoms with E-state index in [2.05, 4.69) is 16.3 Å². The third kappa shape index (κ3) is 9.11. The summed E-state index contributed by atoms with van der Waals surface area (Å²) >= 11 is 1.56. The maximum absolute atomic E-state index is 13.2. The van der Waals surface area contributed by atoms with Crippen LogP contribution >= 0.6 is 11.8 Å². The molecule has 0 spiro atoms. The number of hydrogen-bond acceptors (Lipinski definition) is 6. The number of benzene rings is 3. The summed E-state index contributed by atoms with van der Waals surface area (Å²) in [5.41, 5.74) is 4.51. The number of aromatic hydroxyl groups is 1. The number of carbonyl (C=O) groups excluding carboxylic acids is 1. The van der Waals surface area contributed by atoms with Crippen molar-refractivity contribution in [2.24, 2.45) is 0 Å². The van der Waals surface area contributed by atoms with Crippen LogP contribution in [0, 0.1) is 6.92 Å². The Balaban J connectivity index is 0.000000547. The summed E-state index contributed by atoms with van der Waals surface area (Å²) in [5, 5.41) is 20.9. The van der Waals surface area contributed by atoms with Gasteiger partial charge < -0.3 is 20.3 Å². The van der Waals surface area contributed by atoms with E-state index in [1.807, 2.05) is 55.6 Å². The molecule has 1 aliphatic rings. The smallest absolute Gasteiger partial charge is 0.326 e. The summed E-state index contributed by atoms with van der Waals surface area (Å²) < 4.78 is 5.39. The number of carboxylic acid groups (broad SMARTS) is 1. The SMILES string of the molecule is COC[C@@H]1CCCN1Cc1ccc(C(=O)NC(CCSC)C(=O)O)c(-c2ccccc2C)c1.Oc1ccccc1. The Kier molecular flexibility index (Phi) is 12.5. The first-order valence-electron chi connectivity index (χ1n) is 13.5. The van der Waals surface area contributed by atoms with Gasteiger partial charge in [-0.05, 0) is 91.3 Å². The van der Waals surface area contributed by atoms with Crippen LogP contribution in [0.25, 0.3) is 11.1 Å². The molecule has 3 aromatic carbocycles. The summed E-state index contributed by atoms with van der Waals surface area (Å²) in [7, 11) is 1.74. The second-order valence-corrected chi connectivity index (χ2v) is 10.9. The number of nitrogens with one attached hydrogen (secondary N) is 1. The number of phenolic OH excluding ortho intramolecular Hbond substituents is 1. The van der Waals surface area contributed by atoms with Crippen LogP contribution in [-0.4, -0.2) is 71.3 Å². The zero-order valence-corrected chi connectivity index (χ0v) is 24.3. The van der Waals surface area contributed by atoms with Gasteiger partial charge in [-0.3, -0.25) is 9.69 Å². The number of rotatable bonds is 11. The molecule has 214 valence electrons. The van der Waals surface area contributed by atoms with E-state index in [1.54, 1.807) is 43.1 Å². The number of likely N-dealkylation sites (tertiary alicyclic amines) is 1. The molecule has 0 aromatic heterocycles. The molecule has 0 aliphatic carbocycles. The van der Waals surface area contributed by atoms with Crippen molar-refractivity contribution in [3.63, 3.8) is 0 Å². The maximum Gasteiger partial charge on any atom is 0.326 e. The summed E-state index contributed by atoms with van der Waals surface area (Å²) in [6.07, 6.45) is 4.60. The molecule has 2 atom stereocenters. The number of amides is 1. The molecule has 1 aliphatic heterocycles. The molecule has 3 aromatic rings. The number of hydrogen-bond donors (Lipinski definition) is 3. The molecule has 1 amide bonds. The van der Waals surface area contributed by atoms with Crippen LogP contribution in [-0.2, 0) is 16.1 Å². The van der Waals surface area contributed by atoms with Crippen LogP contribution in [0.3, 0.4) is 0 Å². The molecule has 0 bridgehead atoms. The molecular formula is C32H40N2O5S. The van der Waals surface area contributed by atoms with Crippen molar-refractivity contribution < 1.29 is 24.5 Å². The predicted molar refractivity (Wildman–Crippen MR) is 162 cm³/mol. The molecule has 0 radical (unpaired) electrons. The first-order chi connectivity index (χ1) is 19.3. The lowest BCUT2D eigenvalue weighted by Crippen LogP contribution is -2.41. The highest BCUT2D eigenvalue weighted by Crippen LogP contribution is 2.30.